The normalized spacial score (nSPS) is 15.4. The number of anilines is 1. The number of rotatable bonds is 6. The van der Waals surface area contributed by atoms with E-state index in [4.69, 9.17) is 0 Å². The fraction of sp³-hybridized carbons (Fsp3) is 0.629. The molecule has 0 N–H and O–H groups in total. The first-order valence-electron chi connectivity index (χ1n) is 14.3. The molecule has 0 saturated carbocycles. The van der Waals surface area contributed by atoms with Gasteiger partial charge in [0.05, 0.1) is 0 Å². The highest BCUT2D eigenvalue weighted by atomic mass is 15.3. The van der Waals surface area contributed by atoms with Gasteiger partial charge in [0.25, 0.3) is 0 Å². The molecule has 0 bridgehead atoms. The average Bonchev–Trinajstić information content (AvgIpc) is 3.12. The van der Waals surface area contributed by atoms with Crippen LogP contribution in [0.1, 0.15) is 115 Å². The van der Waals surface area contributed by atoms with Gasteiger partial charge in [-0.1, -0.05) is 93.5 Å². The smallest absolute Gasteiger partial charge is 0.229 e. The van der Waals surface area contributed by atoms with Crippen molar-refractivity contribution < 1.29 is 4.58 Å². The van der Waals surface area contributed by atoms with Gasteiger partial charge in [-0.05, 0) is 95.6 Å². The third-order valence-electron chi connectivity index (χ3n) is 7.92. The first-order valence-corrected chi connectivity index (χ1v) is 14.3. The van der Waals surface area contributed by atoms with E-state index < -0.39 is 0 Å². The maximum atomic E-state index is 2.47. The summed E-state index contributed by atoms with van der Waals surface area (Å²) in [5.41, 5.74) is 12.1. The molecule has 3 rings (SSSR count). The Bertz CT molecular complexity index is 1130. The highest BCUT2D eigenvalue weighted by molar-refractivity contribution is 5.82. The predicted molar refractivity (Wildman–Crippen MR) is 164 cm³/mol. The maximum Gasteiger partial charge on any atom is 0.244 e. The lowest BCUT2D eigenvalue weighted by Gasteiger charge is -2.33. The lowest BCUT2D eigenvalue weighted by molar-refractivity contribution is -0.425. The van der Waals surface area contributed by atoms with Gasteiger partial charge in [-0.2, -0.15) is 0 Å². The van der Waals surface area contributed by atoms with Crippen molar-refractivity contribution in [3.63, 3.8) is 0 Å². The Morgan fingerprint density at radius 2 is 1.00 bits per heavy atom. The molecule has 1 aliphatic heterocycles. The first kappa shape index (κ1) is 29.5. The second kappa shape index (κ2) is 9.90. The van der Waals surface area contributed by atoms with Gasteiger partial charge in [-0.15, -0.1) is 0 Å². The Labute approximate surface area is 229 Å². The summed E-state index contributed by atoms with van der Waals surface area (Å²) >= 11 is 0. The molecule has 204 valence electrons. The van der Waals surface area contributed by atoms with Gasteiger partial charge in [-0.25, -0.2) is 9.48 Å². The average molecular weight is 504 g/mol. The van der Waals surface area contributed by atoms with E-state index in [1.165, 1.54) is 57.6 Å². The first-order chi connectivity index (χ1) is 16.7. The SMILES string of the molecule is Cc1cc(C(C)(C)CC(C)(C)C)cc(C)c1N1C=[N+](c2c(C)cc(C(C)(C)CC(C)(C)C)cc2C)CC1. The molecule has 0 fully saturated rings. The summed E-state index contributed by atoms with van der Waals surface area (Å²) in [6.07, 6.45) is 4.69. The molecule has 1 heterocycles. The van der Waals surface area contributed by atoms with Crippen molar-refractivity contribution in [1.82, 2.24) is 0 Å². The molecule has 0 amide bonds. The highest BCUT2D eigenvalue weighted by Gasteiger charge is 2.32. The van der Waals surface area contributed by atoms with Crippen LogP contribution >= 0.6 is 0 Å². The number of benzene rings is 2. The summed E-state index contributed by atoms with van der Waals surface area (Å²) < 4.78 is 2.47. The molecule has 37 heavy (non-hydrogen) atoms. The second-order valence-corrected chi connectivity index (χ2v) is 15.7. The van der Waals surface area contributed by atoms with Crippen LogP contribution in [0, 0.1) is 38.5 Å². The van der Waals surface area contributed by atoms with Crippen molar-refractivity contribution >= 4 is 17.7 Å². The molecular formula is C35H55N2+. The Kier molecular flexibility index (Phi) is 7.88. The van der Waals surface area contributed by atoms with E-state index in [0.717, 1.165) is 13.1 Å². The van der Waals surface area contributed by atoms with Crippen molar-refractivity contribution in [3.8, 4) is 0 Å². The van der Waals surface area contributed by atoms with Crippen LogP contribution in [0.2, 0.25) is 0 Å². The van der Waals surface area contributed by atoms with Gasteiger partial charge >= 0.3 is 0 Å². The minimum Gasteiger partial charge on any atom is -0.229 e. The number of hydrogen-bond donors (Lipinski definition) is 0. The van der Waals surface area contributed by atoms with Gasteiger partial charge in [0.2, 0.25) is 6.34 Å². The highest BCUT2D eigenvalue weighted by Crippen LogP contribution is 2.41. The molecule has 0 unspecified atom stereocenters. The monoisotopic (exact) mass is 503 g/mol. The molecule has 0 spiro atoms. The Morgan fingerprint density at radius 3 is 1.38 bits per heavy atom. The zero-order valence-electron chi connectivity index (χ0n) is 26.6. The molecule has 2 aromatic rings. The molecule has 0 saturated heterocycles. The Morgan fingerprint density at radius 1 is 0.622 bits per heavy atom. The van der Waals surface area contributed by atoms with Crippen LogP contribution in [-0.2, 0) is 10.8 Å². The van der Waals surface area contributed by atoms with E-state index in [1.54, 1.807) is 0 Å². The van der Waals surface area contributed by atoms with Gasteiger partial charge in [0, 0.05) is 0 Å². The summed E-state index contributed by atoms with van der Waals surface area (Å²) in [5.74, 6) is 0. The molecule has 1 aliphatic rings. The standard InChI is InChI=1S/C35H55N2/c1-24-17-28(34(11,12)21-32(5,6)7)18-25(2)30(24)36-15-16-37(23-36)31-26(3)19-29(20-27(31)4)35(13,14)22-33(8,9)10/h17-20,23H,15-16,21-22H2,1-14H3/q+1. The molecule has 0 radical (unpaired) electrons. The third-order valence-corrected chi connectivity index (χ3v) is 7.92. The zero-order chi connectivity index (χ0) is 28.1. The van der Waals surface area contributed by atoms with Gasteiger partial charge in [0.1, 0.15) is 24.5 Å². The lowest BCUT2D eigenvalue weighted by Crippen LogP contribution is -2.26. The van der Waals surface area contributed by atoms with E-state index in [2.05, 4.69) is 137 Å². The van der Waals surface area contributed by atoms with Crippen molar-refractivity contribution in [2.24, 2.45) is 10.8 Å². The van der Waals surface area contributed by atoms with Crippen molar-refractivity contribution in [2.75, 3.05) is 18.0 Å². The van der Waals surface area contributed by atoms with Crippen molar-refractivity contribution in [3.05, 3.63) is 57.6 Å². The van der Waals surface area contributed by atoms with Crippen LogP contribution in [0.3, 0.4) is 0 Å². The summed E-state index contributed by atoms with van der Waals surface area (Å²) in [4.78, 5) is 2.47. The van der Waals surface area contributed by atoms with Crippen LogP contribution in [0.25, 0.3) is 0 Å². The topological polar surface area (TPSA) is 6.25 Å². The van der Waals surface area contributed by atoms with E-state index in [0.29, 0.717) is 10.8 Å². The van der Waals surface area contributed by atoms with E-state index in [1.807, 2.05) is 0 Å². The quantitative estimate of drug-likeness (QED) is 0.356. The lowest BCUT2D eigenvalue weighted by atomic mass is 9.71. The third kappa shape index (κ3) is 6.87. The van der Waals surface area contributed by atoms with Gasteiger partial charge in [-0.3, -0.25) is 0 Å². The Balaban J connectivity index is 1.94. The van der Waals surface area contributed by atoms with Crippen LogP contribution in [-0.4, -0.2) is 24.0 Å². The van der Waals surface area contributed by atoms with E-state index >= 15 is 0 Å². The van der Waals surface area contributed by atoms with E-state index in [-0.39, 0.29) is 10.8 Å². The Hall–Kier alpha value is -2.09. The van der Waals surface area contributed by atoms with Crippen molar-refractivity contribution in [2.45, 2.75) is 121 Å². The molecule has 0 aromatic heterocycles. The molecule has 2 heteroatoms. The van der Waals surface area contributed by atoms with Crippen LogP contribution in [0.15, 0.2) is 24.3 Å². The molecule has 0 atom stereocenters. The summed E-state index contributed by atoms with van der Waals surface area (Å²) in [5, 5.41) is 0. The zero-order valence-corrected chi connectivity index (χ0v) is 26.6. The predicted octanol–water partition coefficient (Wildman–Crippen LogP) is 9.54. The van der Waals surface area contributed by atoms with E-state index in [9.17, 15) is 0 Å². The van der Waals surface area contributed by atoms with Gasteiger partial charge < -0.3 is 0 Å². The second-order valence-electron chi connectivity index (χ2n) is 15.7. The van der Waals surface area contributed by atoms with Crippen LogP contribution in [0.5, 0.6) is 0 Å². The molecular weight excluding hydrogens is 448 g/mol. The summed E-state index contributed by atoms with van der Waals surface area (Å²) in [6.45, 7) is 34.9. The fourth-order valence-corrected chi connectivity index (χ4v) is 7.29. The molecule has 0 aliphatic carbocycles. The summed E-state index contributed by atoms with van der Waals surface area (Å²) in [7, 11) is 0. The van der Waals surface area contributed by atoms with Crippen LogP contribution < -0.4 is 4.90 Å². The summed E-state index contributed by atoms with van der Waals surface area (Å²) in [6, 6.07) is 9.75. The fourth-order valence-electron chi connectivity index (χ4n) is 7.29. The number of aryl methyl sites for hydroxylation is 4. The largest absolute Gasteiger partial charge is 0.244 e. The van der Waals surface area contributed by atoms with Crippen molar-refractivity contribution in [1.29, 1.82) is 0 Å². The van der Waals surface area contributed by atoms with Gasteiger partial charge in [0.15, 0.2) is 0 Å². The molecule has 2 nitrogen and oxygen atoms in total. The minimum atomic E-state index is 0.157. The maximum absolute atomic E-state index is 2.47. The minimum absolute atomic E-state index is 0.157. The number of nitrogens with zero attached hydrogens (tertiary/aromatic N) is 2. The molecule has 2 aromatic carbocycles. The van der Waals surface area contributed by atoms with Crippen LogP contribution in [0.4, 0.5) is 11.4 Å². The number of hydrogen-bond acceptors (Lipinski definition) is 1.